The van der Waals surface area contributed by atoms with E-state index in [0.29, 0.717) is 116 Å². The van der Waals surface area contributed by atoms with Gasteiger partial charge in [0.2, 0.25) is 23.7 Å². The second-order valence-corrected chi connectivity index (χ2v) is 20.3. The van der Waals surface area contributed by atoms with Gasteiger partial charge >= 0.3 is 0 Å². The summed E-state index contributed by atoms with van der Waals surface area (Å²) in [5.74, 6) is 0.919. The molecule has 1 aromatic heterocycles. The van der Waals surface area contributed by atoms with Gasteiger partial charge in [0.1, 0.15) is 30.6 Å². The Labute approximate surface area is 381 Å². The Morgan fingerprint density at radius 3 is 2.42 bits per heavy atom. The average Bonchev–Trinajstić information content (AvgIpc) is 3.62. The van der Waals surface area contributed by atoms with E-state index < -0.39 is 19.1 Å². The van der Waals surface area contributed by atoms with Gasteiger partial charge in [-0.25, -0.2) is 4.98 Å². The van der Waals surface area contributed by atoms with Gasteiger partial charge < -0.3 is 48.8 Å². The van der Waals surface area contributed by atoms with Crippen molar-refractivity contribution < 1.29 is 42.7 Å². The third-order valence-electron chi connectivity index (χ3n) is 10.9. The van der Waals surface area contributed by atoms with E-state index in [-0.39, 0.29) is 37.4 Å². The first-order valence-corrected chi connectivity index (χ1v) is 24.9. The van der Waals surface area contributed by atoms with E-state index >= 15 is 0 Å². The van der Waals surface area contributed by atoms with Crippen molar-refractivity contribution in [2.45, 2.75) is 30.3 Å². The summed E-state index contributed by atoms with van der Waals surface area (Å²) >= 11 is 8.04. The van der Waals surface area contributed by atoms with Crippen LogP contribution in [0.2, 0.25) is 5.02 Å². The van der Waals surface area contributed by atoms with Gasteiger partial charge in [0.15, 0.2) is 5.82 Å². The number of hydrogen-bond acceptors (Lipinski definition) is 15. The Hall–Kier alpha value is -5.23. The normalized spacial score (nSPS) is 16.5. The van der Waals surface area contributed by atoms with Crippen LogP contribution in [0.15, 0.2) is 71.8 Å². The highest BCUT2D eigenvalue weighted by molar-refractivity contribution is 7.99. The third-order valence-corrected chi connectivity index (χ3v) is 13.8. The number of piperazine rings is 1. The first kappa shape index (κ1) is 46.8. The Bertz CT molecular complexity index is 2400. The summed E-state index contributed by atoms with van der Waals surface area (Å²) in [4.78, 5) is 65.4. The fourth-order valence-corrected chi connectivity index (χ4v) is 9.84. The zero-order chi connectivity index (χ0) is 45.2. The van der Waals surface area contributed by atoms with E-state index in [1.165, 1.54) is 6.20 Å². The van der Waals surface area contributed by atoms with Crippen molar-refractivity contribution in [2.75, 3.05) is 108 Å². The number of amides is 4. The van der Waals surface area contributed by atoms with Gasteiger partial charge in [-0.2, -0.15) is 4.98 Å². The van der Waals surface area contributed by atoms with Gasteiger partial charge in [0, 0.05) is 72.4 Å². The maximum atomic E-state index is 13.1. The molecule has 3 aliphatic heterocycles. The molecule has 7 rings (SSSR count). The molecule has 4 heterocycles. The summed E-state index contributed by atoms with van der Waals surface area (Å²) in [7, 11) is -0.978. The Morgan fingerprint density at radius 2 is 1.67 bits per heavy atom. The van der Waals surface area contributed by atoms with Crippen LogP contribution in [0.5, 0.6) is 5.75 Å². The number of benzene rings is 3. The lowest BCUT2D eigenvalue weighted by Gasteiger charge is -2.36. The number of piperidine rings is 1. The highest BCUT2D eigenvalue weighted by Gasteiger charge is 2.40. The van der Waals surface area contributed by atoms with Crippen LogP contribution in [0.4, 0.5) is 28.8 Å². The number of thioether (sulfide) groups is 1. The van der Waals surface area contributed by atoms with E-state index in [2.05, 4.69) is 30.8 Å². The van der Waals surface area contributed by atoms with Crippen LogP contribution < -0.4 is 30.9 Å². The lowest BCUT2D eigenvalue weighted by Crippen LogP contribution is -2.52. The summed E-state index contributed by atoms with van der Waals surface area (Å²) in [6.45, 7) is 7.98. The fraction of sp³-hybridized carbons (Fsp3) is 0.409. The SMILES string of the molecule is COc1cc(N2CCN(C(=O)COCCOCCOCCSc3cccc4c3CN(C3CCC(=O)NC3=O)C4=O)CC2)ccc1Nc1ncc(Cl)c(Nc2ccccc2P(C)(C)=O)n1. The van der Waals surface area contributed by atoms with Gasteiger partial charge in [-0.3, -0.25) is 24.5 Å². The maximum absolute atomic E-state index is 13.1. The van der Waals surface area contributed by atoms with Crippen molar-refractivity contribution in [3.63, 3.8) is 0 Å². The van der Waals surface area contributed by atoms with Crippen LogP contribution in [0.3, 0.4) is 0 Å². The van der Waals surface area contributed by atoms with Gasteiger partial charge in [-0.15, -0.1) is 11.8 Å². The molecule has 17 nitrogen and oxygen atoms in total. The minimum absolute atomic E-state index is 0.0279. The van der Waals surface area contributed by atoms with E-state index in [4.69, 9.17) is 30.5 Å². The Balaban J connectivity index is 0.766. The first-order chi connectivity index (χ1) is 30.9. The van der Waals surface area contributed by atoms with Gasteiger partial charge in [-0.05, 0) is 61.7 Å². The number of methoxy groups -OCH3 is 1. The largest absolute Gasteiger partial charge is 0.494 e. The van der Waals surface area contributed by atoms with E-state index in [9.17, 15) is 23.7 Å². The van der Waals surface area contributed by atoms with Crippen LogP contribution in [-0.2, 0) is 39.7 Å². The molecule has 3 aromatic carbocycles. The molecule has 1 unspecified atom stereocenters. The van der Waals surface area contributed by atoms with Crippen molar-refractivity contribution in [2.24, 2.45) is 0 Å². The highest BCUT2D eigenvalue weighted by Crippen LogP contribution is 2.39. The van der Waals surface area contributed by atoms with Crippen LogP contribution >= 0.6 is 30.5 Å². The summed E-state index contributed by atoms with van der Waals surface area (Å²) < 4.78 is 35.6. The summed E-state index contributed by atoms with van der Waals surface area (Å²) in [6, 6.07) is 18.1. The van der Waals surface area contributed by atoms with Crippen molar-refractivity contribution in [3.05, 3.63) is 83.0 Å². The summed E-state index contributed by atoms with van der Waals surface area (Å²) in [5, 5.41) is 9.77. The molecule has 1 atom stereocenters. The molecule has 4 amide bonds. The number of fused-ring (bicyclic) bond motifs is 1. The number of halogens is 1. The molecule has 0 radical (unpaired) electrons. The van der Waals surface area contributed by atoms with Crippen molar-refractivity contribution >= 4 is 88.3 Å². The number of para-hydroxylation sites is 1. The van der Waals surface area contributed by atoms with E-state index in [0.717, 1.165) is 16.1 Å². The van der Waals surface area contributed by atoms with Gasteiger partial charge in [-0.1, -0.05) is 29.8 Å². The predicted octanol–water partition coefficient (Wildman–Crippen LogP) is 5.13. The molecule has 2 saturated heterocycles. The molecule has 0 bridgehead atoms. The number of hydrogen-bond donors (Lipinski definition) is 3. The second-order valence-electron chi connectivity index (χ2n) is 15.6. The molecule has 3 aliphatic rings. The topological polar surface area (TPSA) is 194 Å². The smallest absolute Gasteiger partial charge is 0.255 e. The fourth-order valence-electron chi connectivity index (χ4n) is 7.60. The Morgan fingerprint density at radius 1 is 0.922 bits per heavy atom. The molecule has 0 spiro atoms. The molecule has 0 aliphatic carbocycles. The maximum Gasteiger partial charge on any atom is 0.255 e. The number of carbonyl (C=O) groups excluding carboxylic acids is 4. The summed E-state index contributed by atoms with van der Waals surface area (Å²) in [5.41, 5.74) is 3.74. The second kappa shape index (κ2) is 21.6. The molecule has 0 saturated carbocycles. The lowest BCUT2D eigenvalue weighted by atomic mass is 10.0. The molecule has 4 aromatic rings. The first-order valence-electron chi connectivity index (χ1n) is 20.9. The van der Waals surface area contributed by atoms with Crippen LogP contribution in [0, 0.1) is 0 Å². The molecule has 2 fully saturated rings. The number of imide groups is 1. The van der Waals surface area contributed by atoms with Crippen molar-refractivity contribution in [1.82, 2.24) is 25.1 Å². The third kappa shape index (κ3) is 11.7. The average molecular weight is 935 g/mol. The number of ether oxygens (including phenoxy) is 4. The number of nitrogens with zero attached hydrogens (tertiary/aromatic N) is 5. The highest BCUT2D eigenvalue weighted by atomic mass is 35.5. The predicted molar refractivity (Wildman–Crippen MR) is 247 cm³/mol. The Kier molecular flexibility index (Phi) is 15.8. The van der Waals surface area contributed by atoms with Crippen LogP contribution in [0.1, 0.15) is 28.8 Å². The minimum atomic E-state index is -2.57. The van der Waals surface area contributed by atoms with E-state index in [1.54, 1.807) is 48.1 Å². The molecule has 3 N–H and O–H groups in total. The molecule has 20 heteroatoms. The minimum Gasteiger partial charge on any atom is -0.494 e. The monoisotopic (exact) mass is 934 g/mol. The molecular weight excluding hydrogens is 883 g/mol. The number of nitrogens with one attached hydrogen (secondary N) is 3. The zero-order valence-electron chi connectivity index (χ0n) is 36.0. The molecule has 64 heavy (non-hydrogen) atoms. The zero-order valence-corrected chi connectivity index (χ0v) is 38.4. The van der Waals surface area contributed by atoms with Crippen LogP contribution in [-0.4, -0.2) is 141 Å². The van der Waals surface area contributed by atoms with Gasteiger partial charge in [0.05, 0.1) is 57.7 Å². The van der Waals surface area contributed by atoms with Crippen LogP contribution in [0.25, 0.3) is 0 Å². The number of aromatic nitrogens is 2. The molecular formula is C44H52ClN8O9PS. The summed E-state index contributed by atoms with van der Waals surface area (Å²) in [6.07, 6.45) is 2.04. The van der Waals surface area contributed by atoms with Crippen molar-refractivity contribution in [1.29, 1.82) is 0 Å². The number of anilines is 5. The van der Waals surface area contributed by atoms with E-state index in [1.807, 2.05) is 54.6 Å². The standard InChI is InChI=1S/C44H52ClN8O9PS/c1-59-36-25-29(11-12-33(36)48-44-46-26-32(45)41(50-44)47-34-8-4-5-9-37(34)63(2,3)58)51-15-17-52(18-16-51)40(55)28-62-22-21-60-19-20-61-23-24-64-38-10-6-7-30-31(38)27-53(43(30)57)35-13-14-39(54)49-42(35)56/h4-12,25-26,35H,13-24,27-28H2,1-3H3,(H,49,54,56)(H2,46,47,48,50). The number of rotatable bonds is 20. The number of carbonyl (C=O) groups is 4. The van der Waals surface area contributed by atoms with Crippen molar-refractivity contribution in [3.8, 4) is 5.75 Å². The quantitative estimate of drug-likeness (QED) is 0.0457. The lowest BCUT2D eigenvalue weighted by molar-refractivity contribution is -0.138. The van der Waals surface area contributed by atoms with Gasteiger partial charge in [0.25, 0.3) is 5.91 Å². The molecule has 340 valence electrons.